The fraction of sp³-hybridized carbons (Fsp3) is 0.182. The molecule has 0 N–H and O–H groups in total. The Bertz CT molecular complexity index is 434. The fourth-order valence-corrected chi connectivity index (χ4v) is 1.40. The second kappa shape index (κ2) is 3.54. The summed E-state index contributed by atoms with van der Waals surface area (Å²) in [6, 6.07) is 7.87. The Kier molecular flexibility index (Phi) is 2.23. The lowest BCUT2D eigenvalue weighted by molar-refractivity contribution is 0.413. The van der Waals surface area contributed by atoms with Crippen molar-refractivity contribution in [3.63, 3.8) is 0 Å². The van der Waals surface area contributed by atoms with E-state index in [2.05, 4.69) is 4.98 Å². The molecule has 0 saturated heterocycles. The molecule has 1 heterocycles. The molecule has 14 heavy (non-hydrogen) atoms. The second-order valence-electron chi connectivity index (χ2n) is 3.09. The van der Waals surface area contributed by atoms with Gasteiger partial charge >= 0.3 is 0 Å². The third-order valence-electron chi connectivity index (χ3n) is 2.08. The van der Waals surface area contributed by atoms with E-state index in [0.717, 1.165) is 17.1 Å². The Balaban J connectivity index is 2.50. The van der Waals surface area contributed by atoms with Gasteiger partial charge in [-0.25, -0.2) is 4.98 Å². The minimum absolute atomic E-state index is 0.852. The van der Waals surface area contributed by atoms with Gasteiger partial charge in [-0.2, -0.15) is 0 Å². The number of methoxy groups -OCH3 is 1. The maximum Gasteiger partial charge on any atom is 0.142 e. The second-order valence-corrected chi connectivity index (χ2v) is 3.09. The first kappa shape index (κ1) is 8.81. The lowest BCUT2D eigenvalue weighted by Crippen LogP contribution is -1.94. The molecule has 1 aromatic heterocycles. The van der Waals surface area contributed by atoms with E-state index >= 15 is 0 Å². The molecule has 0 spiro atoms. The molecule has 3 nitrogen and oxygen atoms in total. The standard InChI is InChI=1S/C11H12N2O/c1-9-7-13(8-12-9)10-5-3-4-6-11(10)14-2/h3-8H,1-2H3. The van der Waals surface area contributed by atoms with E-state index in [0.29, 0.717) is 0 Å². The van der Waals surface area contributed by atoms with Crippen LogP contribution in [0.1, 0.15) is 5.69 Å². The van der Waals surface area contributed by atoms with Crippen LogP contribution in [0.15, 0.2) is 36.8 Å². The van der Waals surface area contributed by atoms with Gasteiger partial charge in [0.1, 0.15) is 5.75 Å². The van der Waals surface area contributed by atoms with Gasteiger partial charge in [-0.05, 0) is 19.1 Å². The molecule has 3 heteroatoms. The Hall–Kier alpha value is -1.77. The minimum Gasteiger partial charge on any atom is -0.495 e. The van der Waals surface area contributed by atoms with Gasteiger partial charge in [-0.3, -0.25) is 0 Å². The normalized spacial score (nSPS) is 10.1. The van der Waals surface area contributed by atoms with Crippen LogP contribution in [0.25, 0.3) is 5.69 Å². The van der Waals surface area contributed by atoms with E-state index in [1.54, 1.807) is 13.4 Å². The Morgan fingerprint density at radius 1 is 1.29 bits per heavy atom. The number of ether oxygens (including phenoxy) is 1. The van der Waals surface area contributed by atoms with Crippen molar-refractivity contribution in [1.82, 2.24) is 9.55 Å². The number of aryl methyl sites for hydroxylation is 1. The highest BCUT2D eigenvalue weighted by atomic mass is 16.5. The summed E-state index contributed by atoms with van der Waals surface area (Å²) in [5, 5.41) is 0. The van der Waals surface area contributed by atoms with Crippen LogP contribution in [-0.2, 0) is 0 Å². The number of imidazole rings is 1. The van der Waals surface area contributed by atoms with Crippen LogP contribution in [0.3, 0.4) is 0 Å². The summed E-state index contributed by atoms with van der Waals surface area (Å²) in [5.41, 5.74) is 2.01. The van der Waals surface area contributed by atoms with Gasteiger partial charge in [-0.15, -0.1) is 0 Å². The van der Waals surface area contributed by atoms with Crippen molar-refractivity contribution in [1.29, 1.82) is 0 Å². The monoisotopic (exact) mass is 188 g/mol. The molecule has 2 rings (SSSR count). The van der Waals surface area contributed by atoms with E-state index in [4.69, 9.17) is 4.74 Å². The first-order valence-corrected chi connectivity index (χ1v) is 4.45. The van der Waals surface area contributed by atoms with Crippen LogP contribution in [-0.4, -0.2) is 16.7 Å². The number of hydrogen-bond acceptors (Lipinski definition) is 2. The van der Waals surface area contributed by atoms with Gasteiger partial charge in [0.15, 0.2) is 0 Å². The van der Waals surface area contributed by atoms with Crippen LogP contribution in [0.4, 0.5) is 0 Å². The molecule has 0 unspecified atom stereocenters. The van der Waals surface area contributed by atoms with E-state index in [9.17, 15) is 0 Å². The van der Waals surface area contributed by atoms with Crippen LogP contribution >= 0.6 is 0 Å². The van der Waals surface area contributed by atoms with Crippen LogP contribution in [0, 0.1) is 6.92 Å². The number of para-hydroxylation sites is 2. The number of rotatable bonds is 2. The first-order valence-electron chi connectivity index (χ1n) is 4.45. The molecule has 72 valence electrons. The predicted octanol–water partition coefficient (Wildman–Crippen LogP) is 2.19. The molecular formula is C11H12N2O. The zero-order chi connectivity index (χ0) is 9.97. The molecule has 0 aliphatic rings. The average Bonchev–Trinajstić information content (AvgIpc) is 2.65. The Morgan fingerprint density at radius 2 is 2.07 bits per heavy atom. The largest absolute Gasteiger partial charge is 0.495 e. The summed E-state index contributed by atoms with van der Waals surface area (Å²) >= 11 is 0. The van der Waals surface area contributed by atoms with Gasteiger partial charge in [0.05, 0.1) is 24.8 Å². The minimum atomic E-state index is 0.852. The van der Waals surface area contributed by atoms with Crippen molar-refractivity contribution >= 4 is 0 Å². The smallest absolute Gasteiger partial charge is 0.142 e. The Labute approximate surface area is 83.0 Å². The fourth-order valence-electron chi connectivity index (χ4n) is 1.40. The van der Waals surface area contributed by atoms with Gasteiger partial charge < -0.3 is 9.30 Å². The van der Waals surface area contributed by atoms with Gasteiger partial charge in [0, 0.05) is 6.20 Å². The molecule has 0 amide bonds. The summed E-state index contributed by atoms with van der Waals surface area (Å²) < 4.78 is 7.21. The van der Waals surface area contributed by atoms with E-state index in [-0.39, 0.29) is 0 Å². The molecule has 0 atom stereocenters. The highest BCUT2D eigenvalue weighted by Gasteiger charge is 2.03. The van der Waals surface area contributed by atoms with Crippen molar-refractivity contribution in [3.05, 3.63) is 42.5 Å². The van der Waals surface area contributed by atoms with Crippen molar-refractivity contribution in [2.75, 3.05) is 7.11 Å². The number of aromatic nitrogens is 2. The third kappa shape index (κ3) is 1.48. The summed E-state index contributed by atoms with van der Waals surface area (Å²) in [5.74, 6) is 0.852. The van der Waals surface area contributed by atoms with Crippen molar-refractivity contribution in [2.45, 2.75) is 6.92 Å². The van der Waals surface area contributed by atoms with Crippen molar-refractivity contribution < 1.29 is 4.74 Å². The van der Waals surface area contributed by atoms with Crippen molar-refractivity contribution in [3.8, 4) is 11.4 Å². The average molecular weight is 188 g/mol. The molecule has 1 aromatic carbocycles. The molecule has 0 saturated carbocycles. The number of benzene rings is 1. The van der Waals surface area contributed by atoms with Crippen LogP contribution < -0.4 is 4.74 Å². The maximum atomic E-state index is 5.26. The number of hydrogen-bond donors (Lipinski definition) is 0. The Morgan fingerprint density at radius 3 is 2.71 bits per heavy atom. The lowest BCUT2D eigenvalue weighted by atomic mass is 10.3. The molecule has 2 aromatic rings. The SMILES string of the molecule is COc1ccccc1-n1cnc(C)c1. The van der Waals surface area contributed by atoms with E-state index in [1.807, 2.05) is 42.0 Å². The summed E-state index contributed by atoms with van der Waals surface area (Å²) in [6.45, 7) is 1.96. The van der Waals surface area contributed by atoms with Crippen LogP contribution in [0.5, 0.6) is 5.75 Å². The summed E-state index contributed by atoms with van der Waals surface area (Å²) in [4.78, 5) is 4.18. The van der Waals surface area contributed by atoms with Gasteiger partial charge in [0.2, 0.25) is 0 Å². The highest BCUT2D eigenvalue weighted by Crippen LogP contribution is 2.21. The molecule has 0 aliphatic heterocycles. The zero-order valence-electron chi connectivity index (χ0n) is 8.27. The number of nitrogens with zero attached hydrogens (tertiary/aromatic N) is 2. The lowest BCUT2D eigenvalue weighted by Gasteiger charge is -2.07. The highest BCUT2D eigenvalue weighted by molar-refractivity contribution is 5.46. The summed E-state index contributed by atoms with van der Waals surface area (Å²) in [6.07, 6.45) is 3.76. The molecule has 0 radical (unpaired) electrons. The molecule has 0 fully saturated rings. The predicted molar refractivity (Wildman–Crippen MR) is 54.9 cm³/mol. The third-order valence-corrected chi connectivity index (χ3v) is 2.08. The molecule has 0 bridgehead atoms. The zero-order valence-corrected chi connectivity index (χ0v) is 8.27. The van der Waals surface area contributed by atoms with Crippen LogP contribution in [0.2, 0.25) is 0 Å². The van der Waals surface area contributed by atoms with Gasteiger partial charge in [0.25, 0.3) is 0 Å². The first-order chi connectivity index (χ1) is 6.81. The molecule has 0 aliphatic carbocycles. The van der Waals surface area contributed by atoms with Crippen molar-refractivity contribution in [2.24, 2.45) is 0 Å². The summed E-state index contributed by atoms with van der Waals surface area (Å²) in [7, 11) is 1.67. The van der Waals surface area contributed by atoms with E-state index < -0.39 is 0 Å². The quantitative estimate of drug-likeness (QED) is 0.722. The van der Waals surface area contributed by atoms with Gasteiger partial charge in [-0.1, -0.05) is 12.1 Å². The van der Waals surface area contributed by atoms with E-state index in [1.165, 1.54) is 0 Å². The topological polar surface area (TPSA) is 27.1 Å². The maximum absolute atomic E-state index is 5.26. The molecular weight excluding hydrogens is 176 g/mol.